The Bertz CT molecular complexity index is 239. The minimum atomic E-state index is 1.05. The molecule has 6 heteroatoms. The number of nitrogens with one attached hydrogen (secondary N) is 1. The van der Waals surface area contributed by atoms with Gasteiger partial charge < -0.3 is 5.32 Å². The first-order valence-corrected chi connectivity index (χ1v) is 7.04. The van der Waals surface area contributed by atoms with Crippen molar-refractivity contribution in [2.24, 2.45) is 0 Å². The molecule has 0 atom stereocenters. The van der Waals surface area contributed by atoms with Crippen LogP contribution in [-0.4, -0.2) is 35.8 Å². The smallest absolute Gasteiger partial charge is 0.175 e. The van der Waals surface area contributed by atoms with Gasteiger partial charge in [0.25, 0.3) is 0 Å². The standard InChI is InChI=1S/C7H13N3S3/c1-8-4-3-5-12-7-10-9-6(11-2)13-7/h8H,3-5H2,1-2H3. The third kappa shape index (κ3) is 4.30. The molecule has 0 unspecified atom stereocenters. The fourth-order valence-electron chi connectivity index (χ4n) is 0.746. The lowest BCUT2D eigenvalue weighted by Gasteiger charge is -1.95. The van der Waals surface area contributed by atoms with Gasteiger partial charge in [0.1, 0.15) is 0 Å². The molecule has 0 aliphatic carbocycles. The van der Waals surface area contributed by atoms with Crippen LogP contribution in [-0.2, 0) is 0 Å². The Kier molecular flexibility index (Phi) is 5.77. The molecule has 0 saturated heterocycles. The van der Waals surface area contributed by atoms with E-state index in [1.807, 2.05) is 13.3 Å². The molecule has 0 saturated carbocycles. The predicted octanol–water partition coefficient (Wildman–Crippen LogP) is 1.96. The molecule has 1 N–H and O–H groups in total. The van der Waals surface area contributed by atoms with Crippen molar-refractivity contribution in [3.05, 3.63) is 0 Å². The summed E-state index contributed by atoms with van der Waals surface area (Å²) < 4.78 is 2.14. The van der Waals surface area contributed by atoms with Gasteiger partial charge >= 0.3 is 0 Å². The van der Waals surface area contributed by atoms with E-state index in [2.05, 4.69) is 15.5 Å². The molecule has 1 aromatic rings. The summed E-state index contributed by atoms with van der Waals surface area (Å²) in [5.74, 6) is 1.11. The number of hydrogen-bond acceptors (Lipinski definition) is 6. The average Bonchev–Trinajstić information content (AvgIpc) is 2.60. The fraction of sp³-hybridized carbons (Fsp3) is 0.714. The van der Waals surface area contributed by atoms with Crippen LogP contribution in [0.2, 0.25) is 0 Å². The maximum absolute atomic E-state index is 4.07. The second-order valence-corrected chi connectivity index (χ2v) is 5.72. The molecule has 0 aromatic carbocycles. The molecule has 1 heterocycles. The van der Waals surface area contributed by atoms with Crippen molar-refractivity contribution in [3.63, 3.8) is 0 Å². The number of thioether (sulfide) groups is 2. The van der Waals surface area contributed by atoms with Gasteiger partial charge in [-0.1, -0.05) is 34.9 Å². The van der Waals surface area contributed by atoms with Crippen molar-refractivity contribution in [2.75, 3.05) is 25.6 Å². The Morgan fingerprint density at radius 3 is 2.77 bits per heavy atom. The van der Waals surface area contributed by atoms with Crippen LogP contribution in [0.3, 0.4) is 0 Å². The number of hydrogen-bond donors (Lipinski definition) is 1. The van der Waals surface area contributed by atoms with Gasteiger partial charge in [0.15, 0.2) is 8.68 Å². The SMILES string of the molecule is CNCCCSc1nnc(SC)s1. The predicted molar refractivity (Wildman–Crippen MR) is 61.0 cm³/mol. The minimum Gasteiger partial charge on any atom is -0.320 e. The average molecular weight is 235 g/mol. The van der Waals surface area contributed by atoms with Crippen LogP contribution < -0.4 is 5.32 Å². The number of aromatic nitrogens is 2. The highest BCUT2D eigenvalue weighted by Crippen LogP contribution is 2.27. The highest BCUT2D eigenvalue weighted by molar-refractivity contribution is 8.02. The van der Waals surface area contributed by atoms with E-state index >= 15 is 0 Å². The largest absolute Gasteiger partial charge is 0.320 e. The van der Waals surface area contributed by atoms with Gasteiger partial charge in [0.05, 0.1) is 0 Å². The Morgan fingerprint density at radius 1 is 1.38 bits per heavy atom. The number of rotatable bonds is 6. The molecule has 0 radical (unpaired) electrons. The Hall–Kier alpha value is 0.220. The first-order valence-electron chi connectivity index (χ1n) is 4.01. The Labute approximate surface area is 91.1 Å². The van der Waals surface area contributed by atoms with Crippen molar-refractivity contribution in [3.8, 4) is 0 Å². The maximum atomic E-state index is 4.07. The third-order valence-electron chi connectivity index (χ3n) is 1.36. The summed E-state index contributed by atoms with van der Waals surface area (Å²) in [6, 6.07) is 0. The summed E-state index contributed by atoms with van der Waals surface area (Å²) in [6.45, 7) is 1.07. The van der Waals surface area contributed by atoms with Crippen LogP contribution in [0.4, 0.5) is 0 Å². The molecule has 0 fully saturated rings. The van der Waals surface area contributed by atoms with E-state index in [1.54, 1.807) is 34.9 Å². The number of nitrogens with zero attached hydrogens (tertiary/aromatic N) is 2. The van der Waals surface area contributed by atoms with E-state index in [1.165, 1.54) is 6.42 Å². The Morgan fingerprint density at radius 2 is 2.15 bits per heavy atom. The van der Waals surface area contributed by atoms with Crippen molar-refractivity contribution >= 4 is 34.9 Å². The van der Waals surface area contributed by atoms with E-state index < -0.39 is 0 Å². The zero-order valence-electron chi connectivity index (χ0n) is 7.74. The van der Waals surface area contributed by atoms with Gasteiger partial charge in [0, 0.05) is 5.75 Å². The van der Waals surface area contributed by atoms with E-state index in [0.29, 0.717) is 0 Å². The molecule has 0 amide bonds. The highest BCUT2D eigenvalue weighted by atomic mass is 32.2. The van der Waals surface area contributed by atoms with E-state index in [-0.39, 0.29) is 0 Å². The van der Waals surface area contributed by atoms with Crippen molar-refractivity contribution in [1.82, 2.24) is 15.5 Å². The van der Waals surface area contributed by atoms with Gasteiger partial charge in [-0.05, 0) is 26.3 Å². The monoisotopic (exact) mass is 235 g/mol. The second-order valence-electron chi connectivity index (χ2n) is 2.34. The van der Waals surface area contributed by atoms with Gasteiger partial charge in [-0.15, -0.1) is 10.2 Å². The zero-order chi connectivity index (χ0) is 9.52. The maximum Gasteiger partial charge on any atom is 0.175 e. The van der Waals surface area contributed by atoms with Gasteiger partial charge in [-0.3, -0.25) is 0 Å². The van der Waals surface area contributed by atoms with Crippen LogP contribution >= 0.6 is 34.9 Å². The van der Waals surface area contributed by atoms with Gasteiger partial charge in [-0.2, -0.15) is 0 Å². The summed E-state index contributed by atoms with van der Waals surface area (Å²) in [6.07, 6.45) is 3.20. The van der Waals surface area contributed by atoms with E-state index in [9.17, 15) is 0 Å². The lowest BCUT2D eigenvalue weighted by atomic mass is 10.5. The van der Waals surface area contributed by atoms with E-state index in [0.717, 1.165) is 21.0 Å². The zero-order valence-corrected chi connectivity index (χ0v) is 10.2. The van der Waals surface area contributed by atoms with Crippen molar-refractivity contribution in [2.45, 2.75) is 15.1 Å². The summed E-state index contributed by atoms with van der Waals surface area (Å²) in [4.78, 5) is 0. The molecule has 3 nitrogen and oxygen atoms in total. The van der Waals surface area contributed by atoms with Crippen molar-refractivity contribution in [1.29, 1.82) is 0 Å². The molecule has 13 heavy (non-hydrogen) atoms. The van der Waals surface area contributed by atoms with Gasteiger partial charge in [0.2, 0.25) is 0 Å². The van der Waals surface area contributed by atoms with Crippen LogP contribution in [0.1, 0.15) is 6.42 Å². The molecule has 1 aromatic heterocycles. The highest BCUT2D eigenvalue weighted by Gasteiger charge is 2.02. The molecule has 1 rings (SSSR count). The first-order chi connectivity index (χ1) is 6.36. The van der Waals surface area contributed by atoms with Crippen LogP contribution in [0.5, 0.6) is 0 Å². The molecule has 0 aliphatic heterocycles. The summed E-state index contributed by atoms with van der Waals surface area (Å²) >= 11 is 5.11. The first kappa shape index (κ1) is 11.3. The second kappa shape index (κ2) is 6.64. The van der Waals surface area contributed by atoms with E-state index in [4.69, 9.17) is 0 Å². The minimum absolute atomic E-state index is 1.05. The van der Waals surface area contributed by atoms with Crippen LogP contribution in [0.25, 0.3) is 0 Å². The lowest BCUT2D eigenvalue weighted by Crippen LogP contribution is -2.07. The topological polar surface area (TPSA) is 37.8 Å². The molecular weight excluding hydrogens is 222 g/mol. The molecule has 0 aliphatic rings. The third-order valence-corrected chi connectivity index (χ3v) is 4.48. The van der Waals surface area contributed by atoms with Crippen molar-refractivity contribution < 1.29 is 0 Å². The summed E-state index contributed by atoms with van der Waals surface area (Å²) in [5, 5.41) is 11.2. The quantitative estimate of drug-likeness (QED) is 0.603. The molecular formula is C7H13N3S3. The summed E-state index contributed by atoms with van der Waals surface area (Å²) in [5.41, 5.74) is 0. The Balaban J connectivity index is 2.20. The van der Waals surface area contributed by atoms with Crippen LogP contribution in [0, 0.1) is 0 Å². The normalized spacial score (nSPS) is 10.6. The summed E-state index contributed by atoms with van der Waals surface area (Å²) in [7, 11) is 1.97. The molecule has 0 spiro atoms. The van der Waals surface area contributed by atoms with Gasteiger partial charge in [-0.25, -0.2) is 0 Å². The molecule has 74 valence electrons. The fourth-order valence-corrected chi connectivity index (χ4v) is 3.19. The lowest BCUT2D eigenvalue weighted by molar-refractivity contribution is 0.777. The van der Waals surface area contributed by atoms with Crippen LogP contribution in [0.15, 0.2) is 8.68 Å². The molecule has 0 bridgehead atoms.